The summed E-state index contributed by atoms with van der Waals surface area (Å²) in [6.45, 7) is 3.76. The maximum atomic E-state index is 11.5. The summed E-state index contributed by atoms with van der Waals surface area (Å²) in [6, 6.07) is 5.67. The topological polar surface area (TPSA) is 34.1 Å². The molecule has 0 aromatic heterocycles. The van der Waals surface area contributed by atoms with Crippen LogP contribution in [0.4, 0.5) is 0 Å². The van der Waals surface area contributed by atoms with E-state index in [2.05, 4.69) is 0 Å². The van der Waals surface area contributed by atoms with Crippen molar-refractivity contribution in [2.45, 2.75) is 20.3 Å². The van der Waals surface area contributed by atoms with Gasteiger partial charge in [-0.25, -0.2) is 0 Å². The molecule has 0 unspecified atom stereocenters. The van der Waals surface area contributed by atoms with Crippen molar-refractivity contribution in [1.82, 2.24) is 0 Å². The van der Waals surface area contributed by atoms with Crippen LogP contribution in [0.25, 0.3) is 0 Å². The average Bonchev–Trinajstić information content (AvgIpc) is 2.04. The van der Waals surface area contributed by atoms with Crippen LogP contribution < -0.4 is 0 Å². The van der Waals surface area contributed by atoms with Crippen LogP contribution in [0.5, 0.6) is 0 Å². The van der Waals surface area contributed by atoms with Gasteiger partial charge in [0.2, 0.25) is 0 Å². The van der Waals surface area contributed by atoms with Crippen LogP contribution in [0.2, 0.25) is 0 Å². The number of hydrogen-bond acceptors (Lipinski definition) is 2. The van der Waals surface area contributed by atoms with Gasteiger partial charge in [-0.2, -0.15) is 0 Å². The fourth-order valence-electron chi connectivity index (χ4n) is 1.43. The summed E-state index contributed by atoms with van der Waals surface area (Å²) in [6.07, 6.45) is 0.625. The Balaban J connectivity index is 3.12. The van der Waals surface area contributed by atoms with E-state index in [1.165, 1.54) is 0 Å². The average molecular weight is 176 g/mol. The highest BCUT2D eigenvalue weighted by Crippen LogP contribution is 2.14. The number of benzene rings is 1. The molecule has 0 aliphatic heterocycles. The molecule has 0 aliphatic carbocycles. The first-order valence-corrected chi connectivity index (χ1v) is 4.20. The molecule has 0 heterocycles. The molecule has 0 N–H and O–H groups in total. The summed E-state index contributed by atoms with van der Waals surface area (Å²) >= 11 is 0. The van der Waals surface area contributed by atoms with E-state index in [1.54, 1.807) is 0 Å². The maximum absolute atomic E-state index is 11.5. The lowest BCUT2D eigenvalue weighted by molar-refractivity contribution is -0.107. The van der Waals surface area contributed by atoms with Gasteiger partial charge in [0.25, 0.3) is 0 Å². The molecule has 0 atom stereocenters. The van der Waals surface area contributed by atoms with E-state index in [1.807, 2.05) is 32.0 Å². The summed E-state index contributed by atoms with van der Waals surface area (Å²) in [7, 11) is 0. The van der Waals surface area contributed by atoms with Gasteiger partial charge in [0.05, 0.1) is 6.42 Å². The lowest BCUT2D eigenvalue weighted by atomic mass is 9.98. The van der Waals surface area contributed by atoms with Crippen molar-refractivity contribution in [3.8, 4) is 0 Å². The standard InChI is InChI=1S/C11H12O2/c1-8-4-3-5-9(2)11(8)10(13)6-7-12/h3-5,7H,6H2,1-2H3. The van der Waals surface area contributed by atoms with Gasteiger partial charge in [-0.1, -0.05) is 18.2 Å². The van der Waals surface area contributed by atoms with E-state index in [-0.39, 0.29) is 12.2 Å². The fraction of sp³-hybridized carbons (Fsp3) is 0.273. The molecule has 68 valence electrons. The van der Waals surface area contributed by atoms with E-state index < -0.39 is 0 Å². The normalized spacial score (nSPS) is 9.69. The first-order valence-electron chi connectivity index (χ1n) is 4.20. The number of aldehydes is 1. The van der Waals surface area contributed by atoms with Crippen molar-refractivity contribution in [1.29, 1.82) is 0 Å². The number of hydrogen-bond donors (Lipinski definition) is 0. The minimum Gasteiger partial charge on any atom is -0.303 e. The third kappa shape index (κ3) is 2.02. The highest BCUT2D eigenvalue weighted by Gasteiger charge is 2.10. The minimum atomic E-state index is -0.0920. The predicted octanol–water partition coefficient (Wildman–Crippen LogP) is 2.08. The van der Waals surface area contributed by atoms with Gasteiger partial charge in [0.1, 0.15) is 6.29 Å². The van der Waals surface area contributed by atoms with E-state index >= 15 is 0 Å². The molecule has 1 rings (SSSR count). The van der Waals surface area contributed by atoms with Crippen LogP contribution in [0.1, 0.15) is 27.9 Å². The third-order valence-electron chi connectivity index (χ3n) is 2.03. The van der Waals surface area contributed by atoms with Crippen molar-refractivity contribution in [3.63, 3.8) is 0 Å². The number of carbonyl (C=O) groups is 2. The second-order valence-electron chi connectivity index (χ2n) is 3.06. The van der Waals surface area contributed by atoms with Crippen LogP contribution in [0.3, 0.4) is 0 Å². The molecule has 0 bridgehead atoms. The smallest absolute Gasteiger partial charge is 0.170 e. The number of rotatable bonds is 3. The largest absolute Gasteiger partial charge is 0.303 e. The first kappa shape index (κ1) is 9.65. The monoisotopic (exact) mass is 176 g/mol. The molecule has 0 saturated heterocycles. The van der Waals surface area contributed by atoms with Gasteiger partial charge in [-0.05, 0) is 25.0 Å². The van der Waals surface area contributed by atoms with Gasteiger partial charge in [0.15, 0.2) is 5.78 Å². The molecule has 0 amide bonds. The van der Waals surface area contributed by atoms with Crippen molar-refractivity contribution in [2.75, 3.05) is 0 Å². The van der Waals surface area contributed by atoms with E-state index in [4.69, 9.17) is 0 Å². The lowest BCUT2D eigenvalue weighted by Gasteiger charge is -2.05. The van der Waals surface area contributed by atoms with E-state index in [9.17, 15) is 9.59 Å². The molecule has 0 fully saturated rings. The fourth-order valence-corrected chi connectivity index (χ4v) is 1.43. The van der Waals surface area contributed by atoms with Gasteiger partial charge in [0, 0.05) is 5.56 Å². The maximum Gasteiger partial charge on any atom is 0.170 e. The van der Waals surface area contributed by atoms with Crippen LogP contribution >= 0.6 is 0 Å². The van der Waals surface area contributed by atoms with Crippen LogP contribution in [-0.4, -0.2) is 12.1 Å². The third-order valence-corrected chi connectivity index (χ3v) is 2.03. The molecule has 0 spiro atoms. The Morgan fingerprint density at radius 2 is 1.85 bits per heavy atom. The number of ketones is 1. The van der Waals surface area contributed by atoms with Crippen molar-refractivity contribution < 1.29 is 9.59 Å². The zero-order chi connectivity index (χ0) is 9.84. The van der Waals surface area contributed by atoms with E-state index in [0.717, 1.165) is 11.1 Å². The molecule has 13 heavy (non-hydrogen) atoms. The lowest BCUT2D eigenvalue weighted by Crippen LogP contribution is -2.04. The summed E-state index contributed by atoms with van der Waals surface area (Å²) in [4.78, 5) is 21.6. The molecule has 1 aromatic rings. The Morgan fingerprint density at radius 3 is 2.31 bits per heavy atom. The Morgan fingerprint density at radius 1 is 1.31 bits per heavy atom. The minimum absolute atomic E-state index is 0.0221. The van der Waals surface area contributed by atoms with Gasteiger partial charge in [-0.3, -0.25) is 4.79 Å². The number of Topliss-reactive ketones (excluding diaryl/α,β-unsaturated/α-hetero) is 1. The van der Waals surface area contributed by atoms with Crippen molar-refractivity contribution in [2.24, 2.45) is 0 Å². The van der Waals surface area contributed by atoms with Crippen molar-refractivity contribution in [3.05, 3.63) is 34.9 Å². The number of aryl methyl sites for hydroxylation is 2. The molecule has 0 radical (unpaired) electrons. The quantitative estimate of drug-likeness (QED) is 0.401. The molecule has 2 nitrogen and oxygen atoms in total. The molecular formula is C11H12O2. The highest BCUT2D eigenvalue weighted by atomic mass is 16.1. The van der Waals surface area contributed by atoms with Crippen LogP contribution in [-0.2, 0) is 4.79 Å². The summed E-state index contributed by atoms with van der Waals surface area (Å²) in [5.41, 5.74) is 2.56. The predicted molar refractivity (Wildman–Crippen MR) is 50.9 cm³/mol. The van der Waals surface area contributed by atoms with Crippen molar-refractivity contribution >= 4 is 12.1 Å². The Labute approximate surface area is 77.6 Å². The Bertz CT molecular complexity index is 320. The van der Waals surface area contributed by atoms with E-state index in [0.29, 0.717) is 11.8 Å². The van der Waals surface area contributed by atoms with Gasteiger partial charge < -0.3 is 4.79 Å². The zero-order valence-corrected chi connectivity index (χ0v) is 7.83. The molecule has 0 saturated carbocycles. The molecule has 0 aliphatic rings. The highest BCUT2D eigenvalue weighted by molar-refractivity contribution is 6.04. The Hall–Kier alpha value is -1.44. The molecule has 2 heteroatoms. The zero-order valence-electron chi connectivity index (χ0n) is 7.83. The van der Waals surface area contributed by atoms with Crippen LogP contribution in [0, 0.1) is 13.8 Å². The second-order valence-corrected chi connectivity index (χ2v) is 3.06. The Kier molecular flexibility index (Phi) is 2.96. The SMILES string of the molecule is Cc1cccc(C)c1C(=O)CC=O. The number of carbonyl (C=O) groups excluding carboxylic acids is 2. The van der Waals surface area contributed by atoms with Gasteiger partial charge in [-0.15, -0.1) is 0 Å². The molecular weight excluding hydrogens is 164 g/mol. The second kappa shape index (κ2) is 3.99. The first-order chi connectivity index (χ1) is 6.16. The van der Waals surface area contributed by atoms with Gasteiger partial charge >= 0.3 is 0 Å². The van der Waals surface area contributed by atoms with Crippen LogP contribution in [0.15, 0.2) is 18.2 Å². The molecule has 1 aromatic carbocycles. The summed E-state index contributed by atoms with van der Waals surface area (Å²) in [5.74, 6) is -0.0920. The summed E-state index contributed by atoms with van der Waals surface area (Å²) in [5, 5.41) is 0. The summed E-state index contributed by atoms with van der Waals surface area (Å²) < 4.78 is 0.